The number of nitrogen functional groups attached to an aromatic ring is 1. The van der Waals surface area contributed by atoms with Crippen LogP contribution in [-0.2, 0) is 6.42 Å². The maximum Gasteiger partial charge on any atom is 0.270 e. The second-order valence-corrected chi connectivity index (χ2v) is 4.69. The minimum absolute atomic E-state index is 0.0931. The van der Waals surface area contributed by atoms with Crippen molar-refractivity contribution >= 4 is 17.3 Å². The molecule has 0 bridgehead atoms. The van der Waals surface area contributed by atoms with Gasteiger partial charge in [0.2, 0.25) is 0 Å². The van der Waals surface area contributed by atoms with Crippen LogP contribution < -0.4 is 11.1 Å². The van der Waals surface area contributed by atoms with Crippen molar-refractivity contribution < 1.29 is 14.1 Å². The molecule has 0 spiro atoms. The maximum atomic E-state index is 12.1. The molecule has 0 fully saturated rings. The molecule has 2 rings (SSSR count). The smallest absolute Gasteiger partial charge is 0.270 e. The Labute approximate surface area is 120 Å². The van der Waals surface area contributed by atoms with Crippen LogP contribution in [0.15, 0.2) is 41.0 Å². The number of nitrogens with two attached hydrogens (primary N) is 1. The monoisotopic (exact) mass is 289 g/mol. The van der Waals surface area contributed by atoms with Crippen LogP contribution in [0.3, 0.4) is 0 Å². The van der Waals surface area contributed by atoms with Crippen molar-refractivity contribution in [2.45, 2.75) is 19.4 Å². The van der Waals surface area contributed by atoms with Crippen molar-refractivity contribution in [1.82, 2.24) is 5.32 Å². The van der Waals surface area contributed by atoms with Crippen LogP contribution in [-0.4, -0.2) is 16.9 Å². The van der Waals surface area contributed by atoms with Gasteiger partial charge in [-0.25, -0.2) is 0 Å². The summed E-state index contributed by atoms with van der Waals surface area (Å²) in [7, 11) is 0. The summed E-state index contributed by atoms with van der Waals surface area (Å²) in [6.45, 7) is 1.81. The summed E-state index contributed by atoms with van der Waals surface area (Å²) < 4.78 is 5.20. The summed E-state index contributed by atoms with van der Waals surface area (Å²) >= 11 is 0. The second kappa shape index (κ2) is 6.08. The lowest BCUT2D eigenvalue weighted by atomic mass is 10.1. The van der Waals surface area contributed by atoms with Crippen molar-refractivity contribution in [3.8, 4) is 0 Å². The molecular formula is C14H15N3O4. The van der Waals surface area contributed by atoms with Crippen LogP contribution in [0, 0.1) is 10.1 Å². The molecule has 21 heavy (non-hydrogen) atoms. The molecule has 7 nitrogen and oxygen atoms in total. The Balaban J connectivity index is 2.09. The molecule has 1 amide bonds. The molecule has 2 aromatic rings. The first-order chi connectivity index (χ1) is 9.97. The molecule has 1 unspecified atom stereocenters. The number of nitro benzene ring substituents is 1. The SMILES string of the molecule is CC(Cc1ccco1)NC(=O)c1cc([N+](=O)[O-])ccc1N. The minimum Gasteiger partial charge on any atom is -0.469 e. The van der Waals surface area contributed by atoms with E-state index in [9.17, 15) is 14.9 Å². The van der Waals surface area contributed by atoms with Gasteiger partial charge in [-0.05, 0) is 25.1 Å². The number of non-ortho nitro benzene ring substituents is 1. The minimum atomic E-state index is -0.567. The summed E-state index contributed by atoms with van der Waals surface area (Å²) in [5.41, 5.74) is 5.82. The van der Waals surface area contributed by atoms with Crippen molar-refractivity contribution in [3.05, 3.63) is 58.0 Å². The van der Waals surface area contributed by atoms with E-state index in [0.717, 1.165) is 5.76 Å². The Morgan fingerprint density at radius 3 is 2.86 bits per heavy atom. The van der Waals surface area contributed by atoms with E-state index in [1.807, 2.05) is 13.0 Å². The second-order valence-electron chi connectivity index (χ2n) is 4.69. The number of amides is 1. The van der Waals surface area contributed by atoms with Gasteiger partial charge in [0.25, 0.3) is 11.6 Å². The number of carbonyl (C=O) groups excluding carboxylic acids is 1. The number of nitrogens with zero attached hydrogens (tertiary/aromatic N) is 1. The molecule has 1 atom stereocenters. The van der Waals surface area contributed by atoms with Gasteiger partial charge >= 0.3 is 0 Å². The zero-order valence-electron chi connectivity index (χ0n) is 11.4. The summed E-state index contributed by atoms with van der Waals surface area (Å²) in [5.74, 6) is 0.296. The van der Waals surface area contributed by atoms with E-state index in [4.69, 9.17) is 10.2 Å². The van der Waals surface area contributed by atoms with Crippen molar-refractivity contribution in [1.29, 1.82) is 0 Å². The van der Waals surface area contributed by atoms with Crippen molar-refractivity contribution in [2.24, 2.45) is 0 Å². The Morgan fingerprint density at radius 1 is 1.48 bits per heavy atom. The van der Waals surface area contributed by atoms with Gasteiger partial charge in [-0.15, -0.1) is 0 Å². The van der Waals surface area contributed by atoms with Crippen LogP contribution in [0.4, 0.5) is 11.4 Å². The van der Waals surface area contributed by atoms with E-state index in [1.54, 1.807) is 12.3 Å². The summed E-state index contributed by atoms with van der Waals surface area (Å²) in [4.78, 5) is 22.3. The van der Waals surface area contributed by atoms with Gasteiger partial charge in [0.1, 0.15) is 5.76 Å². The van der Waals surface area contributed by atoms with E-state index in [-0.39, 0.29) is 23.0 Å². The molecular weight excluding hydrogens is 274 g/mol. The Kier molecular flexibility index (Phi) is 4.22. The number of nitrogens with one attached hydrogen (secondary N) is 1. The third-order valence-electron chi connectivity index (χ3n) is 2.96. The largest absolute Gasteiger partial charge is 0.469 e. The molecule has 110 valence electrons. The molecule has 0 saturated carbocycles. The van der Waals surface area contributed by atoms with Gasteiger partial charge in [0.15, 0.2) is 0 Å². The number of carbonyl (C=O) groups is 1. The first-order valence-electron chi connectivity index (χ1n) is 6.34. The highest BCUT2D eigenvalue weighted by Crippen LogP contribution is 2.19. The van der Waals surface area contributed by atoms with Crippen LogP contribution >= 0.6 is 0 Å². The molecule has 0 radical (unpaired) electrons. The van der Waals surface area contributed by atoms with Gasteiger partial charge < -0.3 is 15.5 Å². The van der Waals surface area contributed by atoms with E-state index in [2.05, 4.69) is 5.32 Å². The molecule has 0 aliphatic carbocycles. The molecule has 1 heterocycles. The number of rotatable bonds is 5. The Bertz CT molecular complexity index is 652. The summed E-state index contributed by atoms with van der Waals surface area (Å²) in [6.07, 6.45) is 2.08. The fourth-order valence-corrected chi connectivity index (χ4v) is 1.94. The molecule has 7 heteroatoms. The topological polar surface area (TPSA) is 111 Å². The average molecular weight is 289 g/mol. The molecule has 0 saturated heterocycles. The van der Waals surface area contributed by atoms with Gasteiger partial charge in [0.05, 0.1) is 16.7 Å². The quantitative estimate of drug-likeness (QED) is 0.497. The third kappa shape index (κ3) is 3.59. The van der Waals surface area contributed by atoms with Crippen LogP contribution in [0.1, 0.15) is 23.0 Å². The van der Waals surface area contributed by atoms with Crippen molar-refractivity contribution in [3.63, 3.8) is 0 Å². The fraction of sp³-hybridized carbons (Fsp3) is 0.214. The Hall–Kier alpha value is -2.83. The predicted octanol–water partition coefficient (Wildman–Crippen LogP) is 2.13. The van der Waals surface area contributed by atoms with E-state index < -0.39 is 10.8 Å². The summed E-state index contributed by atoms with van der Waals surface area (Å²) in [6, 6.07) is 7.17. The van der Waals surface area contributed by atoms with Crippen molar-refractivity contribution in [2.75, 3.05) is 5.73 Å². The van der Waals surface area contributed by atoms with E-state index in [0.29, 0.717) is 6.42 Å². The zero-order valence-corrected chi connectivity index (χ0v) is 11.4. The van der Waals surface area contributed by atoms with Crippen LogP contribution in [0.25, 0.3) is 0 Å². The highest BCUT2D eigenvalue weighted by molar-refractivity contribution is 5.99. The standard InChI is InChI=1S/C14H15N3O4/c1-9(7-11-3-2-6-21-11)16-14(18)12-8-10(17(19)20)4-5-13(12)15/h2-6,8-9H,7,15H2,1H3,(H,16,18). The van der Waals surface area contributed by atoms with Crippen LogP contribution in [0.2, 0.25) is 0 Å². The lowest BCUT2D eigenvalue weighted by molar-refractivity contribution is -0.384. The normalized spacial score (nSPS) is 11.9. The molecule has 1 aromatic carbocycles. The highest BCUT2D eigenvalue weighted by Gasteiger charge is 2.17. The first kappa shape index (κ1) is 14.6. The predicted molar refractivity (Wildman–Crippen MR) is 76.8 cm³/mol. The first-order valence-corrected chi connectivity index (χ1v) is 6.34. The van der Waals surface area contributed by atoms with Gasteiger partial charge in [-0.3, -0.25) is 14.9 Å². The third-order valence-corrected chi connectivity index (χ3v) is 2.96. The summed E-state index contributed by atoms with van der Waals surface area (Å²) in [5, 5.41) is 13.5. The number of anilines is 1. The molecule has 1 aromatic heterocycles. The fourth-order valence-electron chi connectivity index (χ4n) is 1.94. The van der Waals surface area contributed by atoms with Gasteiger partial charge in [-0.2, -0.15) is 0 Å². The van der Waals surface area contributed by atoms with Gasteiger partial charge in [0, 0.05) is 30.3 Å². The molecule has 3 N–H and O–H groups in total. The number of furan rings is 1. The maximum absolute atomic E-state index is 12.1. The van der Waals surface area contributed by atoms with E-state index in [1.165, 1.54) is 18.2 Å². The Morgan fingerprint density at radius 2 is 2.24 bits per heavy atom. The molecule has 0 aliphatic rings. The lowest BCUT2D eigenvalue weighted by Crippen LogP contribution is -2.34. The lowest BCUT2D eigenvalue weighted by Gasteiger charge is -2.13. The number of nitro groups is 1. The number of hydrogen-bond acceptors (Lipinski definition) is 5. The number of hydrogen-bond donors (Lipinski definition) is 2. The molecule has 0 aliphatic heterocycles. The van der Waals surface area contributed by atoms with Crippen LogP contribution in [0.5, 0.6) is 0 Å². The zero-order chi connectivity index (χ0) is 15.4. The van der Waals surface area contributed by atoms with E-state index >= 15 is 0 Å². The highest BCUT2D eigenvalue weighted by atomic mass is 16.6. The number of benzene rings is 1. The average Bonchev–Trinajstić information content (AvgIpc) is 2.91. The van der Waals surface area contributed by atoms with Gasteiger partial charge in [-0.1, -0.05) is 0 Å².